The normalized spacial score (nSPS) is 12.4. The molecule has 1 amide bonds. The number of para-hydroxylation sites is 1. The predicted molar refractivity (Wildman–Crippen MR) is 156 cm³/mol. The number of anilines is 4. The standard InChI is InChI=1S/C26H32N8O.6H2/c1-17-13-24(33(4)12-11-32(2)3)20(27)14-22(17)31-26-29-10-9-21(30-26)19-15-34(16-25(28)35)23-8-6-5-7-18(19)23;;;;;;/h5-10,13-15H,11-12,16,27H2,1-4H3,(H2,28,35)(H,29,30,31);6*1H/i;5*1+2T;1+2. The van der Waals surface area contributed by atoms with Crippen molar-refractivity contribution in [1.82, 2.24) is 19.4 Å². The minimum absolute atomic E-state index is 0. The van der Waals surface area contributed by atoms with Crippen LogP contribution in [0.15, 0.2) is 54.9 Å². The number of likely N-dealkylation sites (N-methyl/N-ethyl adjacent to an activating group) is 2. The number of rotatable bonds is 9. The average Bonchev–Trinajstić information content (AvgIpc) is 3.44. The second-order valence-corrected chi connectivity index (χ2v) is 9.00. The Kier molecular flexibility index (Phi) is 5.23. The summed E-state index contributed by atoms with van der Waals surface area (Å²) in [5, 5.41) is 4.31. The maximum atomic E-state index is 11.6. The molecule has 0 aliphatic heterocycles. The number of nitrogens with zero attached hydrogens (tertiary/aromatic N) is 5. The van der Waals surface area contributed by atoms with Crippen molar-refractivity contribution in [2.45, 2.75) is 13.5 Å². The van der Waals surface area contributed by atoms with Gasteiger partial charge in [-0.3, -0.25) is 4.79 Å². The van der Waals surface area contributed by atoms with Gasteiger partial charge in [-0.2, -0.15) is 0 Å². The van der Waals surface area contributed by atoms with Crippen molar-refractivity contribution in [3.8, 4) is 11.3 Å². The monoisotopic (exact) mass is 506 g/mol. The second kappa shape index (κ2) is 10.0. The lowest BCUT2D eigenvalue weighted by atomic mass is 10.1. The van der Waals surface area contributed by atoms with Crippen LogP contribution in [0.25, 0.3) is 22.2 Å². The third kappa shape index (κ3) is 5.36. The molecule has 35 heavy (non-hydrogen) atoms. The average molecular weight is 507 g/mol. The molecule has 2 heterocycles. The first-order valence-corrected chi connectivity index (χ1v) is 11.5. The van der Waals surface area contributed by atoms with Gasteiger partial charge in [0.15, 0.2) is 0 Å². The Labute approximate surface area is 222 Å². The SMILES string of the molecule is Cc1cc(N(C)CCN(C)C)c(N)cc1Nc1nccc(-c2cn(CC(N)=O)c3ccccc23)n1.[3HH].[3H][3H].[3H][3H].[3H][3H].[3H][3H].[3H][3H]. The summed E-state index contributed by atoms with van der Waals surface area (Å²) in [7, 11) is 6.15. The number of nitrogens with one attached hydrogen (secondary N) is 1. The molecule has 0 fully saturated rings. The number of benzene rings is 2. The number of nitrogen functional groups attached to an aromatic ring is 1. The molecule has 0 saturated carbocycles. The van der Waals surface area contributed by atoms with Crippen molar-refractivity contribution < 1.29 is 21.1 Å². The van der Waals surface area contributed by atoms with Crippen molar-refractivity contribution in [3.63, 3.8) is 0 Å². The van der Waals surface area contributed by atoms with E-state index in [1.54, 1.807) is 6.20 Å². The van der Waals surface area contributed by atoms with Gasteiger partial charge in [-0.15, -0.1) is 0 Å². The Morgan fingerprint density at radius 2 is 1.94 bits per heavy atom. The van der Waals surface area contributed by atoms with Crippen LogP contribution in [0.3, 0.4) is 0 Å². The lowest BCUT2D eigenvalue weighted by Gasteiger charge is -2.24. The van der Waals surface area contributed by atoms with E-state index in [4.69, 9.17) is 31.3 Å². The third-order valence-electron chi connectivity index (χ3n) is 5.96. The molecule has 0 bridgehead atoms. The van der Waals surface area contributed by atoms with Crippen LogP contribution in [0.4, 0.5) is 23.0 Å². The minimum Gasteiger partial charge on any atom is -0.397 e. The zero-order chi connectivity index (χ0) is 35.1. The van der Waals surface area contributed by atoms with Crippen molar-refractivity contribution in [1.29, 1.82) is 0 Å². The molecule has 5 N–H and O–H groups in total. The summed E-state index contributed by atoms with van der Waals surface area (Å²) in [6, 6.07) is 13.7. The minimum atomic E-state index is -0.397. The molecular formula is C26H44N8O. The van der Waals surface area contributed by atoms with Crippen molar-refractivity contribution in [2.24, 2.45) is 5.73 Å². The van der Waals surface area contributed by atoms with E-state index in [1.807, 2.05) is 61.1 Å². The molecule has 0 radical (unpaired) electrons. The first-order valence-electron chi connectivity index (χ1n) is 16.5. The van der Waals surface area contributed by atoms with E-state index in [-0.39, 0.29) is 7.97 Å². The topological polar surface area (TPSA) is 118 Å². The van der Waals surface area contributed by atoms with Crippen LogP contribution in [-0.4, -0.2) is 59.6 Å². The molecule has 9 heteroatoms. The fourth-order valence-electron chi connectivity index (χ4n) is 4.08. The number of amides is 1. The van der Waals surface area contributed by atoms with E-state index in [2.05, 4.69) is 40.3 Å². The number of primary amides is 1. The molecule has 0 aliphatic carbocycles. The fraction of sp³-hybridized carbons (Fsp3) is 0.269. The van der Waals surface area contributed by atoms with E-state index in [0.717, 1.165) is 52.2 Å². The Morgan fingerprint density at radius 3 is 2.69 bits per heavy atom. The Hall–Kier alpha value is -4.11. The van der Waals surface area contributed by atoms with Crippen molar-refractivity contribution >= 4 is 39.8 Å². The highest BCUT2D eigenvalue weighted by molar-refractivity contribution is 5.96. The molecule has 2 aromatic carbocycles. The Morgan fingerprint density at radius 1 is 1.17 bits per heavy atom. The summed E-state index contributed by atoms with van der Waals surface area (Å²) in [5.74, 6) is 0.0664. The molecule has 0 atom stereocenters. The number of nitrogens with two attached hydrogens (primary N) is 2. The zero-order valence-electron chi connectivity index (χ0n) is 30.6. The van der Waals surface area contributed by atoms with Crippen LogP contribution in [0.2, 0.25) is 0 Å². The van der Waals surface area contributed by atoms with Crippen LogP contribution in [-0.2, 0) is 11.3 Å². The second-order valence-electron chi connectivity index (χ2n) is 9.00. The molecule has 9 nitrogen and oxygen atoms in total. The molecule has 0 spiro atoms. The van der Waals surface area contributed by atoms with E-state index < -0.39 is 5.91 Å². The van der Waals surface area contributed by atoms with Crippen molar-refractivity contribution in [2.75, 3.05) is 50.2 Å². The van der Waals surface area contributed by atoms with Crippen LogP contribution >= 0.6 is 0 Å². The van der Waals surface area contributed by atoms with Gasteiger partial charge in [0.2, 0.25) is 11.9 Å². The van der Waals surface area contributed by atoms with Gasteiger partial charge in [0.25, 0.3) is 0 Å². The number of aryl methyl sites for hydroxylation is 1. The Balaban J connectivity index is -0.00000153. The van der Waals surface area contributed by atoms with Crippen LogP contribution in [0, 0.1) is 6.92 Å². The summed E-state index contributed by atoms with van der Waals surface area (Å²) < 4.78 is 51.8. The smallest absolute Gasteiger partial charge is 0.237 e. The van der Waals surface area contributed by atoms with E-state index in [0.29, 0.717) is 11.6 Å². The molecular weight excluding hydrogens is 440 g/mol. The highest BCUT2D eigenvalue weighted by atomic mass is 16.1. The lowest BCUT2D eigenvalue weighted by Crippen LogP contribution is -2.29. The van der Waals surface area contributed by atoms with Gasteiger partial charge in [0.1, 0.15) is 6.54 Å². The number of carbonyl (C=O) groups excluding carboxylic acids is 1. The van der Waals surface area contributed by atoms with Gasteiger partial charge >= 0.3 is 0 Å². The van der Waals surface area contributed by atoms with Crippen molar-refractivity contribution in [3.05, 3.63) is 60.4 Å². The van der Waals surface area contributed by atoms with Gasteiger partial charge < -0.3 is 31.2 Å². The molecule has 194 valence electrons. The van der Waals surface area contributed by atoms with Gasteiger partial charge in [-0.05, 0) is 50.8 Å². The van der Waals surface area contributed by atoms with Crippen LogP contribution < -0.4 is 21.7 Å². The highest BCUT2D eigenvalue weighted by Gasteiger charge is 2.14. The summed E-state index contributed by atoms with van der Waals surface area (Å²) >= 11 is 0. The Bertz CT molecular complexity index is 1400. The third-order valence-corrected chi connectivity index (χ3v) is 5.96. The fourth-order valence-corrected chi connectivity index (χ4v) is 4.08. The highest BCUT2D eigenvalue weighted by Crippen LogP contribution is 2.32. The predicted octanol–water partition coefficient (Wildman–Crippen LogP) is 4.69. The van der Waals surface area contributed by atoms with E-state index in [1.165, 1.54) is 0 Å². The van der Waals surface area contributed by atoms with E-state index in [9.17, 15) is 4.79 Å². The number of aromatic nitrogens is 3. The number of hydrogen-bond donors (Lipinski definition) is 3. The first kappa shape index (κ1) is 18.2. The quantitative estimate of drug-likeness (QED) is 0.282. The molecule has 4 aromatic rings. The summed E-state index contributed by atoms with van der Waals surface area (Å²) in [4.78, 5) is 25.0. The lowest BCUT2D eigenvalue weighted by molar-refractivity contribution is -0.118. The summed E-state index contributed by atoms with van der Waals surface area (Å²) in [6.45, 7) is 3.94. The maximum Gasteiger partial charge on any atom is 0.237 e. The largest absolute Gasteiger partial charge is 0.397 e. The zero-order valence-corrected chi connectivity index (χ0v) is 20.6. The molecule has 0 unspecified atom stereocenters. The van der Waals surface area contributed by atoms with Gasteiger partial charge in [0, 0.05) is 71.0 Å². The molecule has 4 rings (SSSR count). The molecule has 0 aliphatic rings. The summed E-state index contributed by atoms with van der Waals surface area (Å²) in [6.07, 6.45) is 3.62. The van der Waals surface area contributed by atoms with Crippen LogP contribution in [0.5, 0.6) is 0 Å². The number of fused-ring (bicyclic) bond motifs is 1. The molecule has 2 aromatic heterocycles. The summed E-state index contributed by atoms with van der Waals surface area (Å²) in [5.41, 5.74) is 18.0. The maximum absolute atomic E-state index is 11.6. The van der Waals surface area contributed by atoms with Gasteiger partial charge in [-0.25, -0.2) is 9.97 Å². The van der Waals surface area contributed by atoms with E-state index >= 15 is 0 Å². The van der Waals surface area contributed by atoms with Gasteiger partial charge in [-0.1, -0.05) is 18.2 Å². The molecule has 0 saturated heterocycles. The number of carbonyl (C=O) groups is 1. The van der Waals surface area contributed by atoms with Gasteiger partial charge in [0.05, 0.1) is 17.1 Å². The van der Waals surface area contributed by atoms with Crippen LogP contribution in [0.1, 0.15) is 21.8 Å². The number of hydrogen-bond acceptors (Lipinski definition) is 7. The first-order chi connectivity index (χ1) is 21.7.